The molecule has 0 saturated carbocycles. The lowest BCUT2D eigenvalue weighted by atomic mass is 10.0. The van der Waals surface area contributed by atoms with Crippen molar-refractivity contribution in [1.82, 2.24) is 0 Å². The van der Waals surface area contributed by atoms with Crippen molar-refractivity contribution in [3.63, 3.8) is 0 Å². The van der Waals surface area contributed by atoms with Crippen molar-refractivity contribution in [2.75, 3.05) is 13.2 Å². The summed E-state index contributed by atoms with van der Waals surface area (Å²) in [5.41, 5.74) is 0. The van der Waals surface area contributed by atoms with Crippen LogP contribution in [0.4, 0.5) is 0 Å². The Labute approximate surface area is 96.4 Å². The first-order valence-electron chi connectivity index (χ1n) is 5.81. The summed E-state index contributed by atoms with van der Waals surface area (Å²) >= 11 is 0. The maximum absolute atomic E-state index is 5.83. The Morgan fingerprint density at radius 2 is 2.00 bits per heavy atom. The monoisotopic (exact) mass is 222 g/mol. The summed E-state index contributed by atoms with van der Waals surface area (Å²) in [5.74, 6) is 0.301. The minimum atomic E-state index is -0.879. The second kappa shape index (κ2) is 4.85. The third-order valence-corrected chi connectivity index (χ3v) is 2.66. The fourth-order valence-corrected chi connectivity index (χ4v) is 2.06. The van der Waals surface area contributed by atoms with Crippen molar-refractivity contribution in [3.05, 3.63) is 36.1 Å². The van der Waals surface area contributed by atoms with Crippen LogP contribution in [0.25, 0.3) is 0 Å². The van der Waals surface area contributed by atoms with E-state index in [0.717, 1.165) is 12.2 Å². The number of fused-ring (bicyclic) bond motifs is 1. The number of hydrogen-bond donors (Lipinski definition) is 0. The van der Waals surface area contributed by atoms with Gasteiger partial charge in [-0.25, -0.2) is 0 Å². The van der Waals surface area contributed by atoms with Gasteiger partial charge in [-0.1, -0.05) is 24.3 Å². The SMILES string of the molecule is CCOC1(OCC)CC2C=CC=CC=C2O1. The van der Waals surface area contributed by atoms with Crippen LogP contribution in [0.15, 0.2) is 36.1 Å². The zero-order valence-electron chi connectivity index (χ0n) is 9.81. The minimum absolute atomic E-state index is 0.257. The maximum atomic E-state index is 5.83. The topological polar surface area (TPSA) is 27.7 Å². The summed E-state index contributed by atoms with van der Waals surface area (Å²) in [4.78, 5) is 0. The fraction of sp³-hybridized carbons (Fsp3) is 0.538. The molecule has 1 saturated heterocycles. The average molecular weight is 222 g/mol. The van der Waals surface area contributed by atoms with Crippen LogP contribution in [0.1, 0.15) is 20.3 Å². The van der Waals surface area contributed by atoms with Crippen LogP contribution in [-0.2, 0) is 14.2 Å². The molecule has 88 valence electrons. The van der Waals surface area contributed by atoms with Gasteiger partial charge in [-0.2, -0.15) is 0 Å². The van der Waals surface area contributed by atoms with Gasteiger partial charge in [0.15, 0.2) is 0 Å². The van der Waals surface area contributed by atoms with Crippen molar-refractivity contribution in [2.24, 2.45) is 5.92 Å². The van der Waals surface area contributed by atoms with E-state index < -0.39 is 5.97 Å². The fourth-order valence-electron chi connectivity index (χ4n) is 2.06. The van der Waals surface area contributed by atoms with E-state index in [1.807, 2.05) is 38.2 Å². The Balaban J connectivity index is 2.17. The van der Waals surface area contributed by atoms with E-state index in [4.69, 9.17) is 14.2 Å². The first-order chi connectivity index (χ1) is 7.79. The first kappa shape index (κ1) is 11.4. The Bertz CT molecular complexity index is 322. The van der Waals surface area contributed by atoms with Crippen LogP contribution in [0.3, 0.4) is 0 Å². The molecule has 0 radical (unpaired) electrons. The molecule has 2 rings (SSSR count). The molecule has 2 aliphatic rings. The molecule has 0 aromatic rings. The predicted molar refractivity (Wildman–Crippen MR) is 61.5 cm³/mol. The lowest BCUT2D eigenvalue weighted by molar-refractivity contribution is -0.349. The highest BCUT2D eigenvalue weighted by atomic mass is 16.9. The molecule has 0 amide bonds. The van der Waals surface area contributed by atoms with Crippen LogP contribution in [0.2, 0.25) is 0 Å². The minimum Gasteiger partial charge on any atom is -0.443 e. The Hall–Kier alpha value is -1.06. The van der Waals surface area contributed by atoms with Crippen LogP contribution < -0.4 is 0 Å². The zero-order chi connectivity index (χ0) is 11.4. The van der Waals surface area contributed by atoms with Gasteiger partial charge in [0.1, 0.15) is 5.76 Å². The van der Waals surface area contributed by atoms with E-state index in [1.54, 1.807) is 0 Å². The predicted octanol–water partition coefficient (Wildman–Crippen LogP) is 2.76. The highest BCUT2D eigenvalue weighted by Crippen LogP contribution is 2.40. The molecule has 16 heavy (non-hydrogen) atoms. The molecule has 3 heteroatoms. The zero-order valence-corrected chi connectivity index (χ0v) is 9.81. The highest BCUT2D eigenvalue weighted by Gasteiger charge is 2.45. The van der Waals surface area contributed by atoms with Crippen molar-refractivity contribution in [1.29, 1.82) is 0 Å². The summed E-state index contributed by atoms with van der Waals surface area (Å²) in [6, 6.07) is 0. The Kier molecular flexibility index (Phi) is 3.46. The molecule has 0 aromatic heterocycles. The summed E-state index contributed by atoms with van der Waals surface area (Å²) in [6.07, 6.45) is 10.8. The molecular weight excluding hydrogens is 204 g/mol. The number of allylic oxidation sites excluding steroid dienone is 5. The van der Waals surface area contributed by atoms with Gasteiger partial charge < -0.3 is 14.2 Å². The van der Waals surface area contributed by atoms with E-state index in [0.29, 0.717) is 13.2 Å². The van der Waals surface area contributed by atoms with Crippen LogP contribution in [0.5, 0.6) is 0 Å². The smallest absolute Gasteiger partial charge is 0.327 e. The molecule has 1 aliphatic heterocycles. The van der Waals surface area contributed by atoms with E-state index in [2.05, 4.69) is 6.08 Å². The summed E-state index contributed by atoms with van der Waals surface area (Å²) in [5, 5.41) is 0. The summed E-state index contributed by atoms with van der Waals surface area (Å²) in [7, 11) is 0. The third kappa shape index (κ3) is 2.20. The van der Waals surface area contributed by atoms with Crippen molar-refractivity contribution >= 4 is 0 Å². The second-order valence-corrected chi connectivity index (χ2v) is 3.80. The van der Waals surface area contributed by atoms with Crippen LogP contribution >= 0.6 is 0 Å². The van der Waals surface area contributed by atoms with Gasteiger partial charge >= 0.3 is 5.97 Å². The van der Waals surface area contributed by atoms with E-state index in [1.165, 1.54) is 0 Å². The second-order valence-electron chi connectivity index (χ2n) is 3.80. The number of rotatable bonds is 4. The van der Waals surface area contributed by atoms with Crippen molar-refractivity contribution in [2.45, 2.75) is 26.2 Å². The van der Waals surface area contributed by atoms with Gasteiger partial charge in [0.2, 0.25) is 0 Å². The lowest BCUT2D eigenvalue weighted by Gasteiger charge is -2.27. The van der Waals surface area contributed by atoms with Gasteiger partial charge in [-0.05, 0) is 19.9 Å². The van der Waals surface area contributed by atoms with Crippen molar-refractivity contribution < 1.29 is 14.2 Å². The molecule has 1 heterocycles. The standard InChI is InChI=1S/C13H18O3/c1-3-14-13(15-4-2)10-11-8-6-5-7-9-12(11)16-13/h5-9,11H,3-4,10H2,1-2H3. The maximum Gasteiger partial charge on any atom is 0.327 e. The lowest BCUT2D eigenvalue weighted by Crippen LogP contribution is -2.35. The van der Waals surface area contributed by atoms with E-state index >= 15 is 0 Å². The van der Waals surface area contributed by atoms with E-state index in [-0.39, 0.29) is 5.92 Å². The molecule has 0 bridgehead atoms. The van der Waals surface area contributed by atoms with Gasteiger partial charge in [0.25, 0.3) is 0 Å². The first-order valence-corrected chi connectivity index (χ1v) is 5.81. The Morgan fingerprint density at radius 1 is 1.25 bits per heavy atom. The molecule has 0 aromatic carbocycles. The van der Waals surface area contributed by atoms with Crippen LogP contribution in [0, 0.1) is 5.92 Å². The van der Waals surface area contributed by atoms with Gasteiger partial charge in [0, 0.05) is 5.92 Å². The van der Waals surface area contributed by atoms with Gasteiger partial charge in [-0.3, -0.25) is 0 Å². The van der Waals surface area contributed by atoms with E-state index in [9.17, 15) is 0 Å². The molecule has 3 nitrogen and oxygen atoms in total. The van der Waals surface area contributed by atoms with Crippen LogP contribution in [-0.4, -0.2) is 19.2 Å². The largest absolute Gasteiger partial charge is 0.443 e. The average Bonchev–Trinajstić information content (AvgIpc) is 2.43. The normalized spacial score (nSPS) is 25.9. The molecule has 1 fully saturated rings. The van der Waals surface area contributed by atoms with Gasteiger partial charge in [0.05, 0.1) is 19.6 Å². The summed E-state index contributed by atoms with van der Waals surface area (Å²) in [6.45, 7) is 5.06. The molecular formula is C13H18O3. The number of ether oxygens (including phenoxy) is 3. The molecule has 1 atom stereocenters. The van der Waals surface area contributed by atoms with Gasteiger partial charge in [-0.15, -0.1) is 0 Å². The summed E-state index contributed by atoms with van der Waals surface area (Å²) < 4.78 is 17.1. The third-order valence-electron chi connectivity index (χ3n) is 2.66. The molecule has 1 unspecified atom stereocenters. The number of hydrogen-bond acceptors (Lipinski definition) is 3. The quantitative estimate of drug-likeness (QED) is 0.684. The highest BCUT2D eigenvalue weighted by molar-refractivity contribution is 5.25. The Morgan fingerprint density at radius 3 is 2.69 bits per heavy atom. The molecule has 0 spiro atoms. The van der Waals surface area contributed by atoms with Crippen molar-refractivity contribution in [3.8, 4) is 0 Å². The molecule has 1 aliphatic carbocycles. The molecule has 0 N–H and O–H groups in total.